The van der Waals surface area contributed by atoms with Crippen molar-refractivity contribution < 1.29 is 0 Å². The third kappa shape index (κ3) is 2.44. The average Bonchev–Trinajstić information content (AvgIpc) is 3.26. The van der Waals surface area contributed by atoms with Crippen molar-refractivity contribution in [1.82, 2.24) is 4.67 Å². The molecule has 0 fully saturated rings. The highest BCUT2D eigenvalue weighted by Gasteiger charge is 2.41. The smallest absolute Gasteiger partial charge is 0.0308 e. The van der Waals surface area contributed by atoms with E-state index in [9.17, 15) is 0 Å². The molecule has 102 valence electrons. The minimum atomic E-state index is -0.227. The number of hydrogen-bond acceptors (Lipinski definition) is 1. The van der Waals surface area contributed by atoms with Gasteiger partial charge >= 0.3 is 0 Å². The molecule has 1 aliphatic rings. The Labute approximate surface area is 122 Å². The normalized spacial score (nSPS) is 14.9. The molecule has 0 spiro atoms. The molecular weight excluding hydrogens is 261 g/mol. The molecule has 0 atom stereocenters. The average molecular weight is 281 g/mol. The maximum absolute atomic E-state index is 2.60. The number of benzene rings is 2. The fraction of sp³-hybridized carbons (Fsp3) is 0.222. The Balaban J connectivity index is 1.99. The lowest BCUT2D eigenvalue weighted by Gasteiger charge is -2.19. The molecular formula is C18H20NP. The minimum absolute atomic E-state index is 0.227. The van der Waals surface area contributed by atoms with E-state index in [0.717, 1.165) is 13.1 Å². The lowest BCUT2D eigenvalue weighted by atomic mass is 10.1. The van der Waals surface area contributed by atoms with E-state index < -0.39 is 0 Å². The first-order chi connectivity index (χ1) is 9.86. The van der Waals surface area contributed by atoms with Crippen molar-refractivity contribution in [3.8, 4) is 0 Å². The lowest BCUT2D eigenvalue weighted by Crippen LogP contribution is -2.13. The summed E-state index contributed by atoms with van der Waals surface area (Å²) in [5.74, 6) is 0. The summed E-state index contributed by atoms with van der Waals surface area (Å²) in [7, 11) is -0.227. The summed E-state index contributed by atoms with van der Waals surface area (Å²) in [5.41, 5.74) is 2.79. The Hall–Kier alpha value is -1.43. The van der Waals surface area contributed by atoms with Gasteiger partial charge in [0.05, 0.1) is 0 Å². The Morgan fingerprint density at radius 1 is 0.700 bits per heavy atom. The molecule has 3 rings (SSSR count). The summed E-state index contributed by atoms with van der Waals surface area (Å²) in [6, 6.07) is 21.7. The molecule has 0 amide bonds. The number of hydrogen-bond donors (Lipinski definition) is 0. The van der Waals surface area contributed by atoms with Crippen LogP contribution < -0.4 is 0 Å². The monoisotopic (exact) mass is 281 g/mol. The molecule has 2 aromatic rings. The quantitative estimate of drug-likeness (QED) is 0.675. The zero-order valence-electron chi connectivity index (χ0n) is 12.1. The molecule has 2 aromatic carbocycles. The van der Waals surface area contributed by atoms with Gasteiger partial charge in [0.2, 0.25) is 0 Å². The first-order valence-corrected chi connectivity index (χ1v) is 8.56. The van der Waals surface area contributed by atoms with E-state index >= 15 is 0 Å². The summed E-state index contributed by atoms with van der Waals surface area (Å²) in [4.78, 5) is 0. The van der Waals surface area contributed by atoms with E-state index in [2.05, 4.69) is 79.2 Å². The summed E-state index contributed by atoms with van der Waals surface area (Å²) in [6.45, 7) is 6.76. The van der Waals surface area contributed by atoms with Crippen molar-refractivity contribution >= 4 is 18.7 Å². The number of rotatable bonds is 5. The highest BCUT2D eigenvalue weighted by Crippen LogP contribution is 2.79. The predicted octanol–water partition coefficient (Wildman–Crippen LogP) is 5.26. The maximum Gasteiger partial charge on any atom is 0.0308 e. The van der Waals surface area contributed by atoms with Crippen molar-refractivity contribution in [2.24, 2.45) is 0 Å². The molecule has 0 bridgehead atoms. The van der Waals surface area contributed by atoms with Gasteiger partial charge in [0.25, 0.3) is 0 Å². The zero-order valence-corrected chi connectivity index (χ0v) is 13.0. The zero-order chi connectivity index (χ0) is 13.9. The fourth-order valence-electron chi connectivity index (χ4n) is 2.66. The van der Waals surface area contributed by atoms with Gasteiger partial charge < -0.3 is 0 Å². The van der Waals surface area contributed by atoms with Crippen LogP contribution in [0.1, 0.15) is 25.0 Å². The van der Waals surface area contributed by atoms with Crippen LogP contribution in [0.3, 0.4) is 0 Å². The molecule has 0 saturated carbocycles. The van der Waals surface area contributed by atoms with E-state index in [1.807, 2.05) is 0 Å². The molecule has 1 aliphatic heterocycles. The van der Waals surface area contributed by atoms with Gasteiger partial charge in [0.15, 0.2) is 0 Å². The van der Waals surface area contributed by atoms with Crippen molar-refractivity contribution in [1.29, 1.82) is 0 Å². The molecule has 0 N–H and O–H groups in total. The second kappa shape index (κ2) is 5.91. The second-order valence-corrected chi connectivity index (χ2v) is 6.96. The Morgan fingerprint density at radius 2 is 1.10 bits per heavy atom. The van der Waals surface area contributed by atoms with Gasteiger partial charge in [-0.3, -0.25) is 4.67 Å². The van der Waals surface area contributed by atoms with Gasteiger partial charge in [-0.2, -0.15) is 0 Å². The molecule has 1 heterocycles. The first-order valence-electron chi connectivity index (χ1n) is 7.27. The second-order valence-electron chi connectivity index (χ2n) is 4.88. The molecule has 0 aromatic heterocycles. The molecule has 0 saturated heterocycles. The van der Waals surface area contributed by atoms with Crippen LogP contribution in [0, 0.1) is 0 Å². The largest absolute Gasteiger partial charge is 0.275 e. The van der Waals surface area contributed by atoms with E-state index in [4.69, 9.17) is 0 Å². The van der Waals surface area contributed by atoms with Crippen LogP contribution in [0.4, 0.5) is 0 Å². The van der Waals surface area contributed by atoms with Gasteiger partial charge in [0.1, 0.15) is 0 Å². The summed E-state index contributed by atoms with van der Waals surface area (Å²) < 4.78 is 2.60. The maximum atomic E-state index is 2.60. The highest BCUT2D eigenvalue weighted by molar-refractivity contribution is 7.87. The van der Waals surface area contributed by atoms with Gasteiger partial charge in [-0.25, -0.2) is 0 Å². The molecule has 1 nitrogen and oxygen atoms in total. The van der Waals surface area contributed by atoms with Gasteiger partial charge in [0, 0.05) is 18.7 Å². The highest BCUT2D eigenvalue weighted by atomic mass is 31.1. The number of nitrogens with zero attached hydrogens (tertiary/aromatic N) is 1. The third-order valence-corrected chi connectivity index (χ3v) is 6.42. The Bertz CT molecular complexity index is 550. The van der Waals surface area contributed by atoms with Crippen LogP contribution in [0.15, 0.2) is 60.7 Å². The molecule has 20 heavy (non-hydrogen) atoms. The van der Waals surface area contributed by atoms with E-state index in [0.29, 0.717) is 0 Å². The van der Waals surface area contributed by atoms with E-state index in [-0.39, 0.29) is 8.07 Å². The SMILES string of the molecule is CCN(CC)P1C(c2ccccc2)=C1c1ccccc1. The van der Waals surface area contributed by atoms with Gasteiger partial charge in [-0.05, 0) is 24.2 Å². The minimum Gasteiger partial charge on any atom is -0.275 e. The van der Waals surface area contributed by atoms with Gasteiger partial charge in [-0.15, -0.1) is 0 Å². The van der Waals surface area contributed by atoms with Crippen molar-refractivity contribution in [3.63, 3.8) is 0 Å². The summed E-state index contributed by atoms with van der Waals surface area (Å²) >= 11 is 0. The first kappa shape index (κ1) is 13.5. The predicted molar refractivity (Wildman–Crippen MR) is 89.5 cm³/mol. The summed E-state index contributed by atoms with van der Waals surface area (Å²) in [5, 5.41) is 3.13. The van der Waals surface area contributed by atoms with Crippen molar-refractivity contribution in [2.75, 3.05) is 13.1 Å². The third-order valence-electron chi connectivity index (χ3n) is 3.71. The van der Waals surface area contributed by atoms with E-state index in [1.165, 1.54) is 11.1 Å². The Kier molecular flexibility index (Phi) is 4.00. The molecule has 0 aliphatic carbocycles. The van der Waals surface area contributed by atoms with Gasteiger partial charge in [-0.1, -0.05) is 74.5 Å². The van der Waals surface area contributed by atoms with Crippen molar-refractivity contribution in [3.05, 3.63) is 71.8 Å². The van der Waals surface area contributed by atoms with Crippen LogP contribution in [0.5, 0.6) is 0 Å². The van der Waals surface area contributed by atoms with Crippen molar-refractivity contribution in [2.45, 2.75) is 13.8 Å². The van der Waals surface area contributed by atoms with Crippen LogP contribution >= 0.6 is 8.07 Å². The van der Waals surface area contributed by atoms with Crippen LogP contribution in [-0.4, -0.2) is 17.8 Å². The van der Waals surface area contributed by atoms with Crippen LogP contribution in [-0.2, 0) is 0 Å². The summed E-state index contributed by atoms with van der Waals surface area (Å²) in [6.07, 6.45) is 0. The standard InChI is InChI=1S/C18H20NP/c1-3-19(4-2)20-17(15-11-7-5-8-12-15)18(20)16-13-9-6-10-14-16/h5-14H,3-4H2,1-2H3. The van der Waals surface area contributed by atoms with Crippen LogP contribution in [0.25, 0.3) is 10.6 Å². The molecule has 0 radical (unpaired) electrons. The van der Waals surface area contributed by atoms with E-state index in [1.54, 1.807) is 10.6 Å². The Morgan fingerprint density at radius 3 is 1.45 bits per heavy atom. The molecule has 0 unspecified atom stereocenters. The fourth-order valence-corrected chi connectivity index (χ4v) is 5.28. The topological polar surface area (TPSA) is 3.24 Å². The lowest BCUT2D eigenvalue weighted by molar-refractivity contribution is 0.517. The van der Waals surface area contributed by atoms with Crippen LogP contribution in [0.2, 0.25) is 0 Å². The molecule has 2 heteroatoms.